The SMILES string of the molecule is C[C@H]1[C@@H](CC(=O)O)[C@@H]2C=C[C@H]1O2. The first-order valence-corrected chi connectivity index (χ1v) is 4.24. The molecule has 2 rings (SSSR count). The minimum Gasteiger partial charge on any atom is -0.481 e. The minimum absolute atomic E-state index is 0.0566. The summed E-state index contributed by atoms with van der Waals surface area (Å²) in [7, 11) is 0. The first-order chi connectivity index (χ1) is 5.68. The van der Waals surface area contributed by atoms with Crippen LogP contribution in [0.3, 0.4) is 0 Å². The van der Waals surface area contributed by atoms with Crippen molar-refractivity contribution in [2.24, 2.45) is 11.8 Å². The Labute approximate surface area is 71.0 Å². The number of hydrogen-bond acceptors (Lipinski definition) is 2. The fourth-order valence-electron chi connectivity index (χ4n) is 2.08. The Morgan fingerprint density at radius 2 is 2.17 bits per heavy atom. The Morgan fingerprint density at radius 1 is 1.50 bits per heavy atom. The highest BCUT2D eigenvalue weighted by Gasteiger charge is 2.43. The lowest BCUT2D eigenvalue weighted by Gasteiger charge is -2.19. The van der Waals surface area contributed by atoms with Gasteiger partial charge >= 0.3 is 5.97 Å². The Morgan fingerprint density at radius 3 is 2.67 bits per heavy atom. The predicted molar refractivity (Wildman–Crippen MR) is 42.7 cm³/mol. The van der Waals surface area contributed by atoms with E-state index in [0.29, 0.717) is 5.92 Å². The van der Waals surface area contributed by atoms with Crippen molar-refractivity contribution in [3.8, 4) is 0 Å². The standard InChI is InChI=1S/C9H12O3/c1-5-6(4-9(10)11)8-3-2-7(5)12-8/h2-3,5-8H,4H2,1H3,(H,10,11)/t5-,6+,7+,8-/m0/s1. The average molecular weight is 168 g/mol. The van der Waals surface area contributed by atoms with Crippen LogP contribution >= 0.6 is 0 Å². The van der Waals surface area contributed by atoms with Crippen LogP contribution in [0.25, 0.3) is 0 Å². The van der Waals surface area contributed by atoms with Gasteiger partial charge in [0.25, 0.3) is 0 Å². The maximum absolute atomic E-state index is 10.5. The second-order valence-corrected chi connectivity index (χ2v) is 3.57. The molecule has 0 amide bonds. The van der Waals surface area contributed by atoms with E-state index < -0.39 is 5.97 Å². The molecule has 3 nitrogen and oxygen atoms in total. The summed E-state index contributed by atoms with van der Waals surface area (Å²) >= 11 is 0. The summed E-state index contributed by atoms with van der Waals surface area (Å²) in [5.41, 5.74) is 0. The summed E-state index contributed by atoms with van der Waals surface area (Å²) in [6.07, 6.45) is 4.47. The van der Waals surface area contributed by atoms with Crippen LogP contribution in [0.15, 0.2) is 12.2 Å². The summed E-state index contributed by atoms with van der Waals surface area (Å²) in [4.78, 5) is 10.5. The van der Waals surface area contributed by atoms with Gasteiger partial charge in [-0.2, -0.15) is 0 Å². The topological polar surface area (TPSA) is 46.5 Å². The lowest BCUT2D eigenvalue weighted by atomic mass is 9.82. The number of carboxylic acid groups (broad SMARTS) is 1. The van der Waals surface area contributed by atoms with Crippen molar-refractivity contribution in [3.63, 3.8) is 0 Å². The van der Waals surface area contributed by atoms with Crippen molar-refractivity contribution in [1.29, 1.82) is 0 Å². The third-order valence-electron chi connectivity index (χ3n) is 2.83. The molecule has 0 saturated carbocycles. The smallest absolute Gasteiger partial charge is 0.303 e. The van der Waals surface area contributed by atoms with E-state index in [9.17, 15) is 4.79 Å². The first-order valence-electron chi connectivity index (χ1n) is 4.24. The summed E-state index contributed by atoms with van der Waals surface area (Å²) in [5.74, 6) is -0.190. The van der Waals surface area contributed by atoms with E-state index in [4.69, 9.17) is 9.84 Å². The second kappa shape index (κ2) is 2.59. The molecule has 2 aliphatic rings. The van der Waals surface area contributed by atoms with Gasteiger partial charge in [0.15, 0.2) is 0 Å². The quantitative estimate of drug-likeness (QED) is 0.627. The Kier molecular flexibility index (Phi) is 1.68. The number of carbonyl (C=O) groups is 1. The Balaban J connectivity index is 2.08. The van der Waals surface area contributed by atoms with Gasteiger partial charge in [0.2, 0.25) is 0 Å². The highest BCUT2D eigenvalue weighted by molar-refractivity contribution is 5.67. The van der Waals surface area contributed by atoms with Crippen LogP contribution in [0, 0.1) is 11.8 Å². The van der Waals surface area contributed by atoms with Gasteiger partial charge in [0, 0.05) is 5.92 Å². The van der Waals surface area contributed by atoms with Gasteiger partial charge < -0.3 is 9.84 Å². The summed E-state index contributed by atoms with van der Waals surface area (Å²) in [6.45, 7) is 2.06. The second-order valence-electron chi connectivity index (χ2n) is 3.57. The van der Waals surface area contributed by atoms with E-state index in [-0.39, 0.29) is 24.5 Å². The van der Waals surface area contributed by atoms with Gasteiger partial charge in [-0.15, -0.1) is 0 Å². The third kappa shape index (κ3) is 1.05. The average Bonchev–Trinajstić information content (AvgIpc) is 2.53. The molecule has 3 heteroatoms. The molecule has 0 aromatic carbocycles. The summed E-state index contributed by atoms with van der Waals surface area (Å²) in [6, 6.07) is 0. The molecule has 2 bridgehead atoms. The molecule has 1 fully saturated rings. The number of carboxylic acids is 1. The molecule has 0 unspecified atom stereocenters. The van der Waals surface area contributed by atoms with Crippen LogP contribution in [-0.4, -0.2) is 23.3 Å². The molecule has 2 heterocycles. The zero-order valence-corrected chi connectivity index (χ0v) is 6.93. The molecule has 66 valence electrons. The first kappa shape index (κ1) is 7.80. The van der Waals surface area contributed by atoms with Crippen molar-refractivity contribution in [2.45, 2.75) is 25.6 Å². The zero-order chi connectivity index (χ0) is 8.72. The van der Waals surface area contributed by atoms with Gasteiger partial charge in [0.05, 0.1) is 18.6 Å². The van der Waals surface area contributed by atoms with Gasteiger partial charge in [-0.1, -0.05) is 19.1 Å². The highest BCUT2D eigenvalue weighted by Crippen LogP contribution is 2.40. The fraction of sp³-hybridized carbons (Fsp3) is 0.667. The van der Waals surface area contributed by atoms with Crippen LogP contribution in [0.5, 0.6) is 0 Å². The molecule has 1 N–H and O–H groups in total. The van der Waals surface area contributed by atoms with E-state index in [1.165, 1.54) is 0 Å². The van der Waals surface area contributed by atoms with Crippen LogP contribution in [0.4, 0.5) is 0 Å². The van der Waals surface area contributed by atoms with Gasteiger partial charge in [-0.05, 0) is 5.92 Å². The molecule has 0 spiro atoms. The maximum atomic E-state index is 10.5. The van der Waals surface area contributed by atoms with Crippen LogP contribution in [-0.2, 0) is 9.53 Å². The van der Waals surface area contributed by atoms with Crippen LogP contribution in [0.2, 0.25) is 0 Å². The van der Waals surface area contributed by atoms with Gasteiger partial charge in [-0.25, -0.2) is 0 Å². The monoisotopic (exact) mass is 168 g/mol. The number of aliphatic carboxylic acids is 1. The van der Waals surface area contributed by atoms with Crippen molar-refractivity contribution in [3.05, 3.63) is 12.2 Å². The molecule has 0 aromatic heterocycles. The van der Waals surface area contributed by atoms with Crippen molar-refractivity contribution in [2.75, 3.05) is 0 Å². The summed E-state index contributed by atoms with van der Waals surface area (Å²) in [5, 5.41) is 8.64. The molecule has 1 saturated heterocycles. The minimum atomic E-state index is -0.726. The number of fused-ring (bicyclic) bond motifs is 2. The lowest BCUT2D eigenvalue weighted by Crippen LogP contribution is -2.24. The molecular weight excluding hydrogens is 156 g/mol. The molecule has 12 heavy (non-hydrogen) atoms. The van der Waals surface area contributed by atoms with E-state index in [1.54, 1.807) is 0 Å². The normalized spacial score (nSPS) is 43.8. The third-order valence-corrected chi connectivity index (χ3v) is 2.83. The van der Waals surface area contributed by atoms with Crippen molar-refractivity contribution >= 4 is 5.97 Å². The van der Waals surface area contributed by atoms with Gasteiger partial charge in [0.1, 0.15) is 0 Å². The molecule has 0 aliphatic carbocycles. The molecule has 0 aromatic rings. The zero-order valence-electron chi connectivity index (χ0n) is 6.93. The fourth-order valence-corrected chi connectivity index (χ4v) is 2.08. The number of rotatable bonds is 2. The maximum Gasteiger partial charge on any atom is 0.303 e. The predicted octanol–water partition coefficient (Wildman–Crippen LogP) is 1.05. The molecule has 4 atom stereocenters. The van der Waals surface area contributed by atoms with E-state index >= 15 is 0 Å². The molecule has 2 aliphatic heterocycles. The number of hydrogen-bond donors (Lipinski definition) is 1. The Bertz CT molecular complexity index is 234. The van der Waals surface area contributed by atoms with Crippen LogP contribution < -0.4 is 0 Å². The summed E-state index contributed by atoms with van der Waals surface area (Å²) < 4.78 is 5.52. The van der Waals surface area contributed by atoms with E-state index in [2.05, 4.69) is 6.92 Å². The lowest BCUT2D eigenvalue weighted by molar-refractivity contribution is -0.138. The van der Waals surface area contributed by atoms with Gasteiger partial charge in [-0.3, -0.25) is 4.79 Å². The van der Waals surface area contributed by atoms with E-state index in [0.717, 1.165) is 0 Å². The Hall–Kier alpha value is -0.830. The van der Waals surface area contributed by atoms with Crippen molar-refractivity contribution < 1.29 is 14.6 Å². The van der Waals surface area contributed by atoms with Crippen molar-refractivity contribution in [1.82, 2.24) is 0 Å². The molecule has 0 radical (unpaired) electrons. The molecular formula is C9H12O3. The number of ether oxygens (including phenoxy) is 1. The van der Waals surface area contributed by atoms with E-state index in [1.807, 2.05) is 12.2 Å². The highest BCUT2D eigenvalue weighted by atomic mass is 16.5. The largest absolute Gasteiger partial charge is 0.481 e. The van der Waals surface area contributed by atoms with Crippen LogP contribution in [0.1, 0.15) is 13.3 Å².